The van der Waals surface area contributed by atoms with Gasteiger partial charge < -0.3 is 30.7 Å². The highest BCUT2D eigenvalue weighted by molar-refractivity contribution is 7.97. The number of nitrogens with one attached hydrogen (secondary N) is 3. The van der Waals surface area contributed by atoms with Crippen molar-refractivity contribution in [3.8, 4) is 0 Å². The Morgan fingerprint density at radius 1 is 1.22 bits per heavy atom. The number of amides is 1. The first kappa shape index (κ1) is 24.2. The summed E-state index contributed by atoms with van der Waals surface area (Å²) < 4.78 is 7.60. The average molecular weight is 464 g/mol. The van der Waals surface area contributed by atoms with Crippen molar-refractivity contribution in [1.29, 1.82) is 0 Å². The molecule has 3 atom stereocenters. The van der Waals surface area contributed by atoms with Gasteiger partial charge in [0.25, 0.3) is 0 Å². The van der Waals surface area contributed by atoms with E-state index in [1.165, 1.54) is 0 Å². The molecule has 3 rings (SSSR count). The Morgan fingerprint density at radius 2 is 1.91 bits per heavy atom. The van der Waals surface area contributed by atoms with Crippen LogP contribution in [0.1, 0.15) is 51.0 Å². The normalized spacial score (nSPS) is 19.4. The van der Waals surface area contributed by atoms with E-state index in [-0.39, 0.29) is 24.2 Å². The molecule has 1 aliphatic carbocycles. The zero-order valence-electron chi connectivity index (χ0n) is 18.0. The first-order chi connectivity index (χ1) is 15.2. The molecule has 174 valence electrons. The van der Waals surface area contributed by atoms with E-state index in [1.54, 1.807) is 36.7 Å². The molecule has 1 amide bonds. The Bertz CT molecular complexity index is 876. The number of anilines is 2. The molecule has 0 saturated heterocycles. The van der Waals surface area contributed by atoms with Crippen molar-refractivity contribution in [3.05, 3.63) is 42.2 Å². The topological polar surface area (TPSA) is 149 Å². The summed E-state index contributed by atoms with van der Waals surface area (Å²) in [7, 11) is 0. The van der Waals surface area contributed by atoms with Crippen LogP contribution in [0, 0.1) is 0 Å². The molecular weight excluding hydrogens is 434 g/mol. The van der Waals surface area contributed by atoms with Crippen LogP contribution in [0.5, 0.6) is 0 Å². The minimum atomic E-state index is -2.94. The van der Waals surface area contributed by atoms with Gasteiger partial charge in [0.1, 0.15) is 6.10 Å². The highest BCUT2D eigenvalue weighted by Gasteiger charge is 2.29. The standard InChI is InChI=1S/C21H29N5O5S/c1-3-13(2)24-20(27)31-17-7-4-14(10-17)15-11-22-19(23-12-15)25-16-5-8-18(9-6-16)32-26-21(28,29)30/h5-6,8-9,11-14,17,26,28-30H,3-4,7,10H2,1-2H3,(H,24,27)(H,22,23,25). The van der Waals surface area contributed by atoms with Crippen molar-refractivity contribution in [2.24, 2.45) is 0 Å². The first-order valence-corrected chi connectivity index (χ1v) is 11.3. The summed E-state index contributed by atoms with van der Waals surface area (Å²) in [6, 6.07) is 7.12. The van der Waals surface area contributed by atoms with Crippen molar-refractivity contribution >= 4 is 29.7 Å². The predicted molar refractivity (Wildman–Crippen MR) is 120 cm³/mol. The third kappa shape index (κ3) is 7.61. The Labute approximate surface area is 191 Å². The lowest BCUT2D eigenvalue weighted by Crippen LogP contribution is -2.40. The van der Waals surface area contributed by atoms with Gasteiger partial charge in [0.2, 0.25) is 5.95 Å². The molecule has 1 heterocycles. The van der Waals surface area contributed by atoms with E-state index in [1.807, 2.05) is 13.8 Å². The largest absolute Gasteiger partial charge is 0.446 e. The molecule has 0 bridgehead atoms. The third-order valence-corrected chi connectivity index (χ3v) is 6.08. The molecule has 2 aromatic rings. The summed E-state index contributed by atoms with van der Waals surface area (Å²) in [6.45, 7) is 3.96. The SMILES string of the molecule is CCC(C)NC(=O)OC1CCC(c2cnc(Nc3ccc(SNC(O)(O)O)cc3)nc2)C1. The maximum absolute atomic E-state index is 11.9. The van der Waals surface area contributed by atoms with Crippen LogP contribution in [0.4, 0.5) is 16.4 Å². The van der Waals surface area contributed by atoms with Crippen LogP contribution >= 0.6 is 11.9 Å². The third-order valence-electron chi connectivity index (χ3n) is 5.19. The summed E-state index contributed by atoms with van der Waals surface area (Å²) in [5, 5.41) is 32.5. The molecule has 1 aromatic heterocycles. The monoisotopic (exact) mass is 463 g/mol. The Kier molecular flexibility index (Phi) is 8.26. The Balaban J connectivity index is 1.48. The Morgan fingerprint density at radius 3 is 2.53 bits per heavy atom. The second kappa shape index (κ2) is 10.9. The molecule has 0 spiro atoms. The van der Waals surface area contributed by atoms with Crippen LogP contribution in [0.2, 0.25) is 0 Å². The Hall–Kier alpha value is -2.44. The van der Waals surface area contributed by atoms with Gasteiger partial charge in [-0.05, 0) is 80.3 Å². The molecule has 10 nitrogen and oxygen atoms in total. The maximum atomic E-state index is 11.9. The first-order valence-electron chi connectivity index (χ1n) is 10.5. The van der Waals surface area contributed by atoms with E-state index < -0.39 is 6.10 Å². The van der Waals surface area contributed by atoms with Gasteiger partial charge in [0.05, 0.1) is 0 Å². The van der Waals surface area contributed by atoms with Crippen LogP contribution < -0.4 is 15.4 Å². The molecule has 1 aromatic carbocycles. The fourth-order valence-corrected chi connectivity index (χ4v) is 3.84. The van der Waals surface area contributed by atoms with Gasteiger partial charge in [-0.2, -0.15) is 4.72 Å². The lowest BCUT2D eigenvalue weighted by molar-refractivity contribution is -0.317. The number of rotatable bonds is 9. The second-order valence-electron chi connectivity index (χ2n) is 7.82. The predicted octanol–water partition coefficient (Wildman–Crippen LogP) is 2.57. The van der Waals surface area contributed by atoms with Crippen LogP contribution in [0.15, 0.2) is 41.6 Å². The van der Waals surface area contributed by atoms with Crippen LogP contribution in [-0.4, -0.2) is 49.6 Å². The van der Waals surface area contributed by atoms with Gasteiger partial charge in [0, 0.05) is 29.0 Å². The quantitative estimate of drug-likeness (QED) is 0.242. The summed E-state index contributed by atoms with van der Waals surface area (Å²) in [5.74, 6) is 0.706. The van der Waals surface area contributed by atoms with E-state index in [9.17, 15) is 4.79 Å². The minimum Gasteiger partial charge on any atom is -0.446 e. The van der Waals surface area contributed by atoms with Crippen molar-refractivity contribution in [3.63, 3.8) is 0 Å². The minimum absolute atomic E-state index is 0.0969. The van der Waals surface area contributed by atoms with Crippen LogP contribution in [-0.2, 0) is 4.74 Å². The average Bonchev–Trinajstić information content (AvgIpc) is 3.21. The van der Waals surface area contributed by atoms with Crippen molar-refractivity contribution in [2.45, 2.75) is 68.6 Å². The molecule has 32 heavy (non-hydrogen) atoms. The van der Waals surface area contributed by atoms with E-state index in [0.29, 0.717) is 10.8 Å². The zero-order valence-corrected chi connectivity index (χ0v) is 18.8. The number of alkyl carbamates (subject to hydrolysis) is 1. The highest BCUT2D eigenvalue weighted by atomic mass is 32.2. The summed E-state index contributed by atoms with van der Waals surface area (Å²) >= 11 is 0.872. The zero-order chi connectivity index (χ0) is 23.1. The summed E-state index contributed by atoms with van der Waals surface area (Å²) in [4.78, 5) is 21.4. The van der Waals surface area contributed by atoms with E-state index >= 15 is 0 Å². The number of hydrogen-bond donors (Lipinski definition) is 6. The van der Waals surface area contributed by atoms with E-state index in [0.717, 1.165) is 48.9 Å². The summed E-state index contributed by atoms with van der Waals surface area (Å²) in [5.41, 5.74) is 1.77. The van der Waals surface area contributed by atoms with Crippen LogP contribution in [0.25, 0.3) is 0 Å². The fourth-order valence-electron chi connectivity index (χ4n) is 3.31. The number of aliphatic hydroxyl groups is 3. The van der Waals surface area contributed by atoms with Gasteiger partial charge in [-0.15, -0.1) is 0 Å². The number of nitrogens with zero attached hydrogens (tertiary/aromatic N) is 2. The molecule has 1 saturated carbocycles. The van der Waals surface area contributed by atoms with Gasteiger partial charge in [0.15, 0.2) is 0 Å². The number of aromatic nitrogens is 2. The molecule has 1 aliphatic rings. The number of carbonyl (C=O) groups is 1. The molecule has 0 aliphatic heterocycles. The molecule has 3 unspecified atom stereocenters. The van der Waals surface area contributed by atoms with Crippen LogP contribution in [0.3, 0.4) is 0 Å². The lowest BCUT2D eigenvalue weighted by atomic mass is 10.0. The molecular formula is C21H29N5O5S. The lowest BCUT2D eigenvalue weighted by Gasteiger charge is -2.16. The van der Waals surface area contributed by atoms with Crippen molar-refractivity contribution < 1.29 is 24.9 Å². The number of benzene rings is 1. The van der Waals surface area contributed by atoms with Gasteiger partial charge in [-0.3, -0.25) is 0 Å². The van der Waals surface area contributed by atoms with Gasteiger partial charge in [-0.25, -0.2) is 14.8 Å². The smallest absolute Gasteiger partial charge is 0.407 e. The second-order valence-corrected chi connectivity index (χ2v) is 8.70. The number of carbonyl (C=O) groups excluding carboxylic acids is 1. The summed E-state index contributed by atoms with van der Waals surface area (Å²) in [6.07, 6.45) is 3.54. The van der Waals surface area contributed by atoms with E-state index in [2.05, 4.69) is 25.3 Å². The molecule has 11 heteroatoms. The molecule has 1 fully saturated rings. The fraction of sp³-hybridized carbons (Fsp3) is 0.476. The van der Waals surface area contributed by atoms with Gasteiger partial charge in [-0.1, -0.05) is 6.92 Å². The highest BCUT2D eigenvalue weighted by Crippen LogP contribution is 2.35. The van der Waals surface area contributed by atoms with Gasteiger partial charge >= 0.3 is 12.2 Å². The van der Waals surface area contributed by atoms with Crippen molar-refractivity contribution in [2.75, 3.05) is 5.32 Å². The maximum Gasteiger partial charge on any atom is 0.407 e. The van der Waals surface area contributed by atoms with Crippen molar-refractivity contribution in [1.82, 2.24) is 20.0 Å². The van der Waals surface area contributed by atoms with E-state index in [4.69, 9.17) is 20.1 Å². The number of hydrogen-bond acceptors (Lipinski definition) is 10. The number of ether oxygens (including phenoxy) is 1. The molecule has 6 N–H and O–H groups in total. The molecule has 0 radical (unpaired) electrons.